The molecule has 0 saturated heterocycles. The molecule has 7 heteroatoms. The van der Waals surface area contributed by atoms with Gasteiger partial charge < -0.3 is 9.64 Å². The van der Waals surface area contributed by atoms with Crippen LogP contribution < -0.4 is 9.64 Å². The summed E-state index contributed by atoms with van der Waals surface area (Å²) in [5.41, 5.74) is -0.0143. The van der Waals surface area contributed by atoms with Crippen LogP contribution in [0.4, 0.5) is 19.0 Å². The van der Waals surface area contributed by atoms with Crippen LogP contribution in [-0.2, 0) is 12.7 Å². The first-order valence-electron chi connectivity index (χ1n) is 6.13. The van der Waals surface area contributed by atoms with Crippen molar-refractivity contribution in [3.05, 3.63) is 47.9 Å². The molecule has 1 aromatic carbocycles. The third-order valence-electron chi connectivity index (χ3n) is 2.91. The van der Waals surface area contributed by atoms with Crippen molar-refractivity contribution in [2.24, 2.45) is 0 Å². The average Bonchev–Trinajstić information content (AvgIpc) is 2.47. The zero-order chi connectivity index (χ0) is 15.5. The maximum absolute atomic E-state index is 12.6. The van der Waals surface area contributed by atoms with E-state index in [0.717, 1.165) is 23.7 Å². The molecular weight excluding hydrogens is 283 g/mol. The van der Waals surface area contributed by atoms with Crippen molar-refractivity contribution in [2.45, 2.75) is 12.7 Å². The zero-order valence-electron chi connectivity index (χ0n) is 11.6. The maximum atomic E-state index is 12.6. The molecule has 2 rings (SSSR count). The molecule has 0 aliphatic rings. The Labute approximate surface area is 120 Å². The summed E-state index contributed by atoms with van der Waals surface area (Å²) >= 11 is 0. The van der Waals surface area contributed by atoms with Gasteiger partial charge >= 0.3 is 6.18 Å². The summed E-state index contributed by atoms with van der Waals surface area (Å²) in [4.78, 5) is 8.74. The Morgan fingerprint density at radius 3 is 2.38 bits per heavy atom. The van der Waals surface area contributed by atoms with E-state index in [1.54, 1.807) is 31.2 Å². The Bertz CT molecular complexity index is 599. The summed E-state index contributed by atoms with van der Waals surface area (Å²) in [5, 5.41) is 0. The fourth-order valence-corrected chi connectivity index (χ4v) is 1.80. The molecule has 0 spiro atoms. The minimum atomic E-state index is -4.47. The van der Waals surface area contributed by atoms with E-state index in [0.29, 0.717) is 6.54 Å². The van der Waals surface area contributed by atoms with E-state index in [4.69, 9.17) is 4.74 Å². The molecular formula is C14H14F3N3O. The van der Waals surface area contributed by atoms with Gasteiger partial charge in [-0.15, -0.1) is 0 Å². The average molecular weight is 297 g/mol. The van der Waals surface area contributed by atoms with E-state index in [1.807, 2.05) is 12.1 Å². The van der Waals surface area contributed by atoms with Crippen LogP contribution >= 0.6 is 0 Å². The number of aromatic nitrogens is 2. The van der Waals surface area contributed by atoms with Crippen LogP contribution in [0.5, 0.6) is 5.75 Å². The van der Waals surface area contributed by atoms with Crippen LogP contribution in [0, 0.1) is 0 Å². The lowest BCUT2D eigenvalue weighted by atomic mass is 10.2. The number of hydrogen-bond donors (Lipinski definition) is 0. The van der Waals surface area contributed by atoms with Crippen molar-refractivity contribution >= 4 is 5.82 Å². The minimum absolute atomic E-state index is 0.216. The van der Waals surface area contributed by atoms with Crippen molar-refractivity contribution in [1.29, 1.82) is 0 Å². The van der Waals surface area contributed by atoms with Gasteiger partial charge in [-0.3, -0.25) is 0 Å². The van der Waals surface area contributed by atoms with Crippen LogP contribution in [-0.4, -0.2) is 24.1 Å². The number of alkyl halides is 3. The van der Waals surface area contributed by atoms with E-state index in [-0.39, 0.29) is 5.82 Å². The summed E-state index contributed by atoms with van der Waals surface area (Å²) in [6, 6.07) is 8.22. The predicted octanol–water partition coefficient (Wildman–Crippen LogP) is 3.14. The molecule has 0 atom stereocenters. The molecule has 0 radical (unpaired) electrons. The number of hydrogen-bond acceptors (Lipinski definition) is 4. The zero-order valence-corrected chi connectivity index (χ0v) is 11.6. The number of methoxy groups -OCH3 is 1. The Hall–Kier alpha value is -2.31. The van der Waals surface area contributed by atoms with Crippen LogP contribution in [0.15, 0.2) is 36.7 Å². The number of nitrogens with zero attached hydrogens (tertiary/aromatic N) is 3. The third kappa shape index (κ3) is 3.84. The molecule has 4 nitrogen and oxygen atoms in total. The number of benzene rings is 1. The minimum Gasteiger partial charge on any atom is -0.497 e. The van der Waals surface area contributed by atoms with Gasteiger partial charge in [-0.2, -0.15) is 13.2 Å². The van der Waals surface area contributed by atoms with Gasteiger partial charge in [0, 0.05) is 19.7 Å². The first-order chi connectivity index (χ1) is 9.90. The SMILES string of the molecule is COc1ccc(CN(C)c2cc(C(F)(F)F)ncn2)cc1. The second kappa shape index (κ2) is 5.99. The van der Waals surface area contributed by atoms with Crippen LogP contribution in [0.3, 0.4) is 0 Å². The van der Waals surface area contributed by atoms with Gasteiger partial charge in [-0.05, 0) is 17.7 Å². The van der Waals surface area contributed by atoms with Gasteiger partial charge in [0.05, 0.1) is 7.11 Å². The first-order valence-corrected chi connectivity index (χ1v) is 6.13. The van der Waals surface area contributed by atoms with Crippen molar-refractivity contribution in [1.82, 2.24) is 9.97 Å². The highest BCUT2D eigenvalue weighted by Gasteiger charge is 2.33. The summed E-state index contributed by atoms with van der Waals surface area (Å²) in [6.07, 6.45) is -3.55. The first kappa shape index (κ1) is 15.1. The molecule has 0 unspecified atom stereocenters. The Balaban J connectivity index is 2.14. The highest BCUT2D eigenvalue weighted by atomic mass is 19.4. The topological polar surface area (TPSA) is 38.2 Å². The van der Waals surface area contributed by atoms with E-state index in [1.165, 1.54) is 0 Å². The Kier molecular flexibility index (Phi) is 4.30. The second-order valence-corrected chi connectivity index (χ2v) is 4.46. The van der Waals surface area contributed by atoms with E-state index in [2.05, 4.69) is 9.97 Å². The summed E-state index contributed by atoms with van der Waals surface area (Å²) in [5.74, 6) is 0.941. The number of rotatable bonds is 4. The normalized spacial score (nSPS) is 11.3. The molecule has 0 aliphatic heterocycles. The molecule has 0 aliphatic carbocycles. The summed E-state index contributed by atoms with van der Waals surface area (Å²) in [7, 11) is 3.24. The number of ether oxygens (including phenoxy) is 1. The highest BCUT2D eigenvalue weighted by Crippen LogP contribution is 2.29. The molecule has 0 bridgehead atoms. The van der Waals surface area contributed by atoms with Crippen LogP contribution in [0.2, 0.25) is 0 Å². The quantitative estimate of drug-likeness (QED) is 0.869. The second-order valence-electron chi connectivity index (χ2n) is 4.46. The third-order valence-corrected chi connectivity index (χ3v) is 2.91. The van der Waals surface area contributed by atoms with E-state index in [9.17, 15) is 13.2 Å². The number of anilines is 1. The molecule has 0 fully saturated rings. The van der Waals surface area contributed by atoms with E-state index >= 15 is 0 Å². The molecule has 1 aromatic heterocycles. The van der Waals surface area contributed by atoms with Gasteiger partial charge in [-0.1, -0.05) is 12.1 Å². The summed E-state index contributed by atoms with van der Waals surface area (Å²) in [6.45, 7) is 0.429. The molecule has 0 N–H and O–H groups in total. The van der Waals surface area contributed by atoms with Crippen molar-refractivity contribution in [3.8, 4) is 5.75 Å². The van der Waals surface area contributed by atoms with Crippen LogP contribution in [0.1, 0.15) is 11.3 Å². The molecule has 2 aromatic rings. The lowest BCUT2D eigenvalue weighted by Gasteiger charge is -2.19. The Morgan fingerprint density at radius 1 is 1.14 bits per heavy atom. The maximum Gasteiger partial charge on any atom is 0.433 e. The van der Waals surface area contributed by atoms with Gasteiger partial charge in [0.15, 0.2) is 0 Å². The van der Waals surface area contributed by atoms with Gasteiger partial charge in [0.2, 0.25) is 0 Å². The Morgan fingerprint density at radius 2 is 1.81 bits per heavy atom. The lowest BCUT2D eigenvalue weighted by Crippen LogP contribution is -2.19. The standard InChI is InChI=1S/C14H14F3N3O/c1-20(8-10-3-5-11(21-2)6-4-10)13-7-12(14(15,16)17)18-9-19-13/h3-7,9H,8H2,1-2H3. The fourth-order valence-electron chi connectivity index (χ4n) is 1.80. The fraction of sp³-hybridized carbons (Fsp3) is 0.286. The molecule has 112 valence electrons. The molecule has 0 saturated carbocycles. The molecule has 21 heavy (non-hydrogen) atoms. The summed E-state index contributed by atoms with van der Waals surface area (Å²) < 4.78 is 42.9. The van der Waals surface area contributed by atoms with Gasteiger partial charge in [0.1, 0.15) is 23.6 Å². The van der Waals surface area contributed by atoms with Crippen molar-refractivity contribution in [3.63, 3.8) is 0 Å². The highest BCUT2D eigenvalue weighted by molar-refractivity contribution is 5.40. The monoisotopic (exact) mass is 297 g/mol. The van der Waals surface area contributed by atoms with Crippen LogP contribution in [0.25, 0.3) is 0 Å². The van der Waals surface area contributed by atoms with Crippen molar-refractivity contribution < 1.29 is 17.9 Å². The molecule has 0 amide bonds. The molecule has 1 heterocycles. The smallest absolute Gasteiger partial charge is 0.433 e. The van der Waals surface area contributed by atoms with Gasteiger partial charge in [-0.25, -0.2) is 9.97 Å². The van der Waals surface area contributed by atoms with Crippen molar-refractivity contribution in [2.75, 3.05) is 19.1 Å². The van der Waals surface area contributed by atoms with E-state index < -0.39 is 11.9 Å². The largest absolute Gasteiger partial charge is 0.497 e. The lowest BCUT2D eigenvalue weighted by molar-refractivity contribution is -0.141. The van der Waals surface area contributed by atoms with Gasteiger partial charge in [0.25, 0.3) is 0 Å². The predicted molar refractivity (Wildman–Crippen MR) is 72.1 cm³/mol. The number of halogens is 3.